The first-order valence-corrected chi connectivity index (χ1v) is 9.07. The third kappa shape index (κ3) is 3.13. The molecule has 0 aliphatic carbocycles. The van der Waals surface area contributed by atoms with Crippen LogP contribution in [-0.2, 0) is 9.84 Å². The van der Waals surface area contributed by atoms with E-state index >= 15 is 0 Å². The van der Waals surface area contributed by atoms with E-state index < -0.39 is 9.84 Å². The summed E-state index contributed by atoms with van der Waals surface area (Å²) in [6, 6.07) is 5.14. The molecule has 0 amide bonds. The van der Waals surface area contributed by atoms with Crippen LogP contribution >= 0.6 is 23.4 Å². The third-order valence-electron chi connectivity index (χ3n) is 3.08. The summed E-state index contributed by atoms with van der Waals surface area (Å²) in [5, 5.41) is 4.43. The maximum Gasteiger partial charge on any atom is 0.175 e. The van der Waals surface area contributed by atoms with E-state index in [0.29, 0.717) is 26.9 Å². The molecule has 0 bridgehead atoms. The lowest BCUT2D eigenvalue weighted by atomic mass is 10.1. The molecule has 1 aliphatic heterocycles. The molecule has 100 valence electrons. The van der Waals surface area contributed by atoms with Gasteiger partial charge in [0.15, 0.2) is 9.84 Å². The van der Waals surface area contributed by atoms with E-state index in [-0.39, 0.29) is 0 Å². The number of sulfone groups is 1. The number of hydrogen-bond donors (Lipinski definition) is 1. The van der Waals surface area contributed by atoms with Crippen LogP contribution in [0.5, 0.6) is 0 Å². The molecule has 1 heterocycles. The van der Waals surface area contributed by atoms with Gasteiger partial charge in [0.05, 0.1) is 15.6 Å². The van der Waals surface area contributed by atoms with Crippen LogP contribution in [0, 0.1) is 0 Å². The Hall–Kier alpha value is -0.390. The molecule has 2 unspecified atom stereocenters. The fourth-order valence-corrected chi connectivity index (χ4v) is 3.98. The fraction of sp³-hybridized carbons (Fsp3) is 0.500. The molecule has 3 nitrogen and oxygen atoms in total. The third-order valence-corrected chi connectivity index (χ3v) is 5.85. The van der Waals surface area contributed by atoms with Gasteiger partial charge < -0.3 is 5.32 Å². The second kappa shape index (κ2) is 5.31. The van der Waals surface area contributed by atoms with Gasteiger partial charge in [-0.25, -0.2) is 8.42 Å². The van der Waals surface area contributed by atoms with Gasteiger partial charge in [-0.05, 0) is 30.4 Å². The van der Waals surface area contributed by atoms with Gasteiger partial charge in [0.2, 0.25) is 0 Å². The molecule has 1 aliphatic rings. The second-order valence-corrected chi connectivity index (χ2v) is 8.44. The van der Waals surface area contributed by atoms with Crippen LogP contribution in [0.15, 0.2) is 23.1 Å². The predicted octanol–water partition coefficient (Wildman–Crippen LogP) is 3.05. The van der Waals surface area contributed by atoms with Crippen LogP contribution in [0.4, 0.5) is 5.69 Å². The smallest absolute Gasteiger partial charge is 0.175 e. The van der Waals surface area contributed by atoms with E-state index in [2.05, 4.69) is 12.2 Å². The summed E-state index contributed by atoms with van der Waals surface area (Å²) in [4.78, 5) is 0.299. The van der Waals surface area contributed by atoms with Crippen molar-refractivity contribution in [3.63, 3.8) is 0 Å². The van der Waals surface area contributed by atoms with Crippen molar-refractivity contribution in [1.29, 1.82) is 0 Å². The Morgan fingerprint density at radius 3 is 2.72 bits per heavy atom. The summed E-state index contributed by atoms with van der Waals surface area (Å²) >= 11 is 8.02. The molecule has 0 spiro atoms. The first-order chi connectivity index (χ1) is 8.38. The zero-order chi connectivity index (χ0) is 13.3. The minimum absolute atomic E-state index is 0.299. The fourth-order valence-electron chi connectivity index (χ4n) is 1.97. The maximum atomic E-state index is 11.5. The Morgan fingerprint density at radius 1 is 1.44 bits per heavy atom. The summed E-state index contributed by atoms with van der Waals surface area (Å²) in [6.45, 7) is 2.17. The van der Waals surface area contributed by atoms with Gasteiger partial charge >= 0.3 is 0 Å². The Balaban J connectivity index is 2.27. The van der Waals surface area contributed by atoms with Crippen LogP contribution in [0.2, 0.25) is 5.02 Å². The van der Waals surface area contributed by atoms with E-state index in [1.807, 2.05) is 11.8 Å². The molecule has 18 heavy (non-hydrogen) atoms. The Bertz CT molecular complexity index is 545. The molecule has 1 N–H and O–H groups in total. The van der Waals surface area contributed by atoms with Crippen molar-refractivity contribution >= 4 is 38.9 Å². The van der Waals surface area contributed by atoms with Gasteiger partial charge in [-0.2, -0.15) is 11.8 Å². The molecule has 0 radical (unpaired) electrons. The predicted molar refractivity (Wildman–Crippen MR) is 78.5 cm³/mol. The van der Waals surface area contributed by atoms with Crippen molar-refractivity contribution in [2.24, 2.45) is 0 Å². The molecule has 2 atom stereocenters. The summed E-state index contributed by atoms with van der Waals surface area (Å²) < 4.78 is 23.0. The minimum atomic E-state index is -3.19. The minimum Gasteiger partial charge on any atom is -0.380 e. The highest BCUT2D eigenvalue weighted by Gasteiger charge is 2.24. The van der Waals surface area contributed by atoms with Gasteiger partial charge in [-0.3, -0.25) is 0 Å². The molecule has 6 heteroatoms. The number of benzene rings is 1. The largest absolute Gasteiger partial charge is 0.380 e. The quantitative estimate of drug-likeness (QED) is 0.932. The van der Waals surface area contributed by atoms with Crippen molar-refractivity contribution in [3.8, 4) is 0 Å². The Kier molecular flexibility index (Phi) is 4.14. The molecule has 1 saturated heterocycles. The average molecular weight is 306 g/mol. The van der Waals surface area contributed by atoms with Crippen LogP contribution in [0.25, 0.3) is 0 Å². The molecular formula is C12H16ClNO2S2. The van der Waals surface area contributed by atoms with E-state index in [1.165, 1.54) is 12.3 Å². The zero-order valence-corrected chi connectivity index (χ0v) is 12.7. The van der Waals surface area contributed by atoms with E-state index in [0.717, 1.165) is 12.2 Å². The summed E-state index contributed by atoms with van der Waals surface area (Å²) in [6.07, 6.45) is 2.28. The number of rotatable bonds is 3. The molecular weight excluding hydrogens is 290 g/mol. The monoisotopic (exact) mass is 305 g/mol. The topological polar surface area (TPSA) is 46.2 Å². The van der Waals surface area contributed by atoms with Gasteiger partial charge in [-0.15, -0.1) is 0 Å². The van der Waals surface area contributed by atoms with E-state index in [9.17, 15) is 8.42 Å². The molecule has 0 saturated carbocycles. The van der Waals surface area contributed by atoms with Crippen LogP contribution in [0.1, 0.15) is 13.3 Å². The van der Waals surface area contributed by atoms with E-state index in [4.69, 9.17) is 11.6 Å². The lowest BCUT2D eigenvalue weighted by Gasteiger charge is -2.19. The van der Waals surface area contributed by atoms with Crippen molar-refractivity contribution in [2.45, 2.75) is 29.5 Å². The first kappa shape index (κ1) is 14.0. The van der Waals surface area contributed by atoms with Crippen LogP contribution < -0.4 is 5.32 Å². The lowest BCUT2D eigenvalue weighted by molar-refractivity contribution is 0.602. The van der Waals surface area contributed by atoms with E-state index in [1.54, 1.807) is 12.1 Å². The van der Waals surface area contributed by atoms with Crippen molar-refractivity contribution < 1.29 is 8.42 Å². The molecule has 1 fully saturated rings. The second-order valence-electron chi connectivity index (χ2n) is 4.53. The standard InChI is InChI=1S/C12H16ClNO2S2/c1-8-11(5-6-17-8)14-12-7-9(18(2,15)16)3-4-10(12)13/h3-4,7-8,11,14H,5-6H2,1-2H3. The van der Waals surface area contributed by atoms with Crippen molar-refractivity contribution in [1.82, 2.24) is 0 Å². The number of thioether (sulfide) groups is 1. The number of anilines is 1. The highest BCUT2D eigenvalue weighted by Crippen LogP contribution is 2.32. The Morgan fingerprint density at radius 2 is 2.17 bits per heavy atom. The average Bonchev–Trinajstić information content (AvgIpc) is 2.66. The maximum absolute atomic E-state index is 11.5. The molecule has 1 aromatic rings. The van der Waals surface area contributed by atoms with Crippen LogP contribution in [-0.4, -0.2) is 31.7 Å². The summed E-state index contributed by atoms with van der Waals surface area (Å²) in [5.74, 6) is 1.13. The number of nitrogens with one attached hydrogen (secondary N) is 1. The van der Waals surface area contributed by atoms with Crippen molar-refractivity contribution in [3.05, 3.63) is 23.2 Å². The SMILES string of the molecule is CC1SCCC1Nc1cc(S(C)(=O)=O)ccc1Cl. The molecule has 1 aromatic carbocycles. The van der Waals surface area contributed by atoms with Crippen molar-refractivity contribution in [2.75, 3.05) is 17.3 Å². The van der Waals surface area contributed by atoms with Gasteiger partial charge in [0.25, 0.3) is 0 Å². The van der Waals surface area contributed by atoms with Gasteiger partial charge in [0.1, 0.15) is 0 Å². The molecule has 0 aromatic heterocycles. The number of halogens is 1. The first-order valence-electron chi connectivity index (χ1n) is 5.75. The highest BCUT2D eigenvalue weighted by atomic mass is 35.5. The van der Waals surface area contributed by atoms with Gasteiger partial charge in [-0.1, -0.05) is 18.5 Å². The number of hydrogen-bond acceptors (Lipinski definition) is 4. The normalized spacial score (nSPS) is 24.2. The Labute approximate surface area is 117 Å². The summed E-state index contributed by atoms with van der Waals surface area (Å²) in [7, 11) is -3.19. The lowest BCUT2D eigenvalue weighted by Crippen LogP contribution is -2.24. The molecule has 2 rings (SSSR count). The zero-order valence-electron chi connectivity index (χ0n) is 10.3. The summed E-state index contributed by atoms with van der Waals surface area (Å²) in [5.41, 5.74) is 0.707. The van der Waals surface area contributed by atoms with Gasteiger partial charge in [0, 0.05) is 17.5 Å². The van der Waals surface area contributed by atoms with Crippen LogP contribution in [0.3, 0.4) is 0 Å². The highest BCUT2D eigenvalue weighted by molar-refractivity contribution is 8.00.